The Morgan fingerprint density at radius 3 is 2.85 bits per heavy atom. The molecule has 0 bridgehead atoms. The van der Waals surface area contributed by atoms with Crippen molar-refractivity contribution in [3.05, 3.63) is 47.4 Å². The number of amides is 1. The lowest BCUT2D eigenvalue weighted by molar-refractivity contribution is -0.128. The number of hydrogen-bond donors (Lipinski definition) is 2. The molecule has 3 aliphatic heterocycles. The average molecular weight is 463 g/mol. The summed E-state index contributed by atoms with van der Waals surface area (Å²) in [6.45, 7) is 7.27. The number of amidine groups is 1. The lowest BCUT2D eigenvalue weighted by Gasteiger charge is -2.39. The SMILES string of the molecule is CC(=O)N1CCC(N[C@H]2CCOC2)=C(C(=N)N2C[C@H](C)Cc3cc(-c4cnn(C)c4)ccc32)C1. The first-order valence-corrected chi connectivity index (χ1v) is 12.2. The molecular formula is C26H34N6O2. The summed E-state index contributed by atoms with van der Waals surface area (Å²) in [4.78, 5) is 16.2. The number of benzene rings is 1. The molecule has 1 aromatic carbocycles. The maximum atomic E-state index is 12.2. The van der Waals surface area contributed by atoms with Gasteiger partial charge in [0.05, 0.1) is 25.4 Å². The molecule has 0 aliphatic carbocycles. The Labute approximate surface area is 201 Å². The molecule has 2 N–H and O–H groups in total. The number of fused-ring (bicyclic) bond motifs is 1. The monoisotopic (exact) mass is 462 g/mol. The smallest absolute Gasteiger partial charge is 0.219 e. The molecule has 180 valence electrons. The number of ether oxygens (including phenoxy) is 1. The standard InChI is InChI=1S/C26H34N6O2/c1-17-10-20-11-19(21-12-28-30(3)14-21)4-5-25(20)32(13-17)26(27)23-15-31(18(2)33)8-6-24(23)29-22-7-9-34-16-22/h4-5,11-12,14,17,22,27,29H,6-10,13,15-16H2,1-3H3/t17-,22+/m1/s1. The second kappa shape index (κ2) is 9.25. The highest BCUT2D eigenvalue weighted by Gasteiger charge is 2.32. The highest BCUT2D eigenvalue weighted by molar-refractivity contribution is 6.09. The van der Waals surface area contributed by atoms with Crippen LogP contribution in [-0.2, 0) is 23.0 Å². The van der Waals surface area contributed by atoms with Crippen LogP contribution in [0.4, 0.5) is 5.69 Å². The Hall–Kier alpha value is -3.13. The van der Waals surface area contributed by atoms with E-state index in [1.165, 1.54) is 5.56 Å². The van der Waals surface area contributed by atoms with Gasteiger partial charge in [0.1, 0.15) is 5.84 Å². The van der Waals surface area contributed by atoms with Crippen LogP contribution in [0.1, 0.15) is 32.3 Å². The Morgan fingerprint density at radius 2 is 2.15 bits per heavy atom. The van der Waals surface area contributed by atoms with Crippen LogP contribution in [0.5, 0.6) is 0 Å². The minimum absolute atomic E-state index is 0.0575. The molecule has 34 heavy (non-hydrogen) atoms. The molecule has 8 nitrogen and oxygen atoms in total. The quantitative estimate of drug-likeness (QED) is 0.539. The first kappa shape index (κ1) is 22.7. The second-order valence-electron chi connectivity index (χ2n) is 9.87. The number of nitrogens with one attached hydrogen (secondary N) is 2. The number of carbonyl (C=O) groups excluding carboxylic acids is 1. The summed E-state index contributed by atoms with van der Waals surface area (Å²) in [6, 6.07) is 6.78. The summed E-state index contributed by atoms with van der Waals surface area (Å²) < 4.78 is 7.38. The second-order valence-corrected chi connectivity index (χ2v) is 9.87. The van der Waals surface area contributed by atoms with Crippen molar-refractivity contribution in [2.45, 2.75) is 39.2 Å². The van der Waals surface area contributed by atoms with Crippen LogP contribution in [0, 0.1) is 11.3 Å². The van der Waals surface area contributed by atoms with Gasteiger partial charge in [0.2, 0.25) is 5.91 Å². The predicted molar refractivity (Wildman–Crippen MR) is 133 cm³/mol. The number of rotatable bonds is 4. The van der Waals surface area contributed by atoms with Gasteiger partial charge in [-0.25, -0.2) is 0 Å². The lowest BCUT2D eigenvalue weighted by atomic mass is 9.90. The van der Waals surface area contributed by atoms with Crippen LogP contribution in [0.25, 0.3) is 11.1 Å². The number of hydrogen-bond acceptors (Lipinski definition) is 5. The van der Waals surface area contributed by atoms with Crippen LogP contribution < -0.4 is 10.2 Å². The van der Waals surface area contributed by atoms with Gasteiger partial charge in [-0.15, -0.1) is 0 Å². The summed E-state index contributed by atoms with van der Waals surface area (Å²) >= 11 is 0. The van der Waals surface area contributed by atoms with Gasteiger partial charge in [-0.1, -0.05) is 13.0 Å². The molecule has 8 heteroatoms. The Balaban J connectivity index is 1.48. The predicted octanol–water partition coefficient (Wildman–Crippen LogP) is 2.95. The van der Waals surface area contributed by atoms with Crippen molar-refractivity contribution in [2.24, 2.45) is 13.0 Å². The maximum Gasteiger partial charge on any atom is 0.219 e. The first-order valence-electron chi connectivity index (χ1n) is 12.2. The zero-order valence-electron chi connectivity index (χ0n) is 20.3. The van der Waals surface area contributed by atoms with Gasteiger partial charge in [-0.05, 0) is 42.0 Å². The third kappa shape index (κ3) is 4.46. The van der Waals surface area contributed by atoms with E-state index in [4.69, 9.17) is 4.74 Å². The van der Waals surface area contributed by atoms with Crippen molar-refractivity contribution in [3.63, 3.8) is 0 Å². The molecular weight excluding hydrogens is 428 g/mol. The molecule has 2 atom stereocenters. The van der Waals surface area contributed by atoms with Gasteiger partial charge in [-0.3, -0.25) is 14.9 Å². The van der Waals surface area contributed by atoms with Crippen LogP contribution in [0.2, 0.25) is 0 Å². The lowest BCUT2D eigenvalue weighted by Crippen LogP contribution is -2.47. The number of aromatic nitrogens is 2. The summed E-state index contributed by atoms with van der Waals surface area (Å²) in [5.74, 6) is 0.973. The fraction of sp³-hybridized carbons (Fsp3) is 0.500. The molecule has 5 rings (SSSR count). The number of nitrogens with zero attached hydrogens (tertiary/aromatic N) is 4. The molecule has 0 unspecified atom stereocenters. The van der Waals surface area contributed by atoms with Crippen molar-refractivity contribution in [2.75, 3.05) is 37.7 Å². The van der Waals surface area contributed by atoms with E-state index in [9.17, 15) is 10.2 Å². The van der Waals surface area contributed by atoms with E-state index in [-0.39, 0.29) is 11.9 Å². The third-order valence-corrected chi connectivity index (χ3v) is 7.13. The van der Waals surface area contributed by atoms with Crippen LogP contribution in [-0.4, -0.2) is 65.3 Å². The fourth-order valence-corrected chi connectivity index (χ4v) is 5.29. The average Bonchev–Trinajstić information content (AvgIpc) is 3.49. The van der Waals surface area contributed by atoms with E-state index in [2.05, 4.69) is 40.4 Å². The van der Waals surface area contributed by atoms with Crippen molar-refractivity contribution in [1.82, 2.24) is 20.0 Å². The Morgan fingerprint density at radius 1 is 1.29 bits per heavy atom. The molecule has 0 radical (unpaired) electrons. The van der Waals surface area contributed by atoms with E-state index in [0.29, 0.717) is 31.4 Å². The number of carbonyl (C=O) groups is 1. The topological polar surface area (TPSA) is 86.5 Å². The largest absolute Gasteiger partial charge is 0.383 e. The van der Waals surface area contributed by atoms with E-state index in [0.717, 1.165) is 60.5 Å². The highest BCUT2D eigenvalue weighted by Crippen LogP contribution is 2.35. The van der Waals surface area contributed by atoms with Gasteiger partial charge >= 0.3 is 0 Å². The van der Waals surface area contributed by atoms with Gasteiger partial charge < -0.3 is 19.9 Å². The molecule has 1 aromatic heterocycles. The van der Waals surface area contributed by atoms with E-state index in [1.54, 1.807) is 6.92 Å². The summed E-state index contributed by atoms with van der Waals surface area (Å²) in [6.07, 6.45) is 6.62. The third-order valence-electron chi connectivity index (χ3n) is 7.13. The number of anilines is 1. The van der Waals surface area contributed by atoms with Crippen LogP contribution in [0.3, 0.4) is 0 Å². The molecule has 2 aromatic rings. The summed E-state index contributed by atoms with van der Waals surface area (Å²) in [7, 11) is 1.93. The summed E-state index contributed by atoms with van der Waals surface area (Å²) in [5.41, 5.74) is 6.60. The molecule has 4 heterocycles. The number of aryl methyl sites for hydroxylation is 1. The van der Waals surface area contributed by atoms with Gasteiger partial charge in [0.25, 0.3) is 0 Å². The minimum atomic E-state index is 0.0575. The minimum Gasteiger partial charge on any atom is -0.383 e. The first-order chi connectivity index (χ1) is 16.4. The van der Waals surface area contributed by atoms with Gasteiger partial charge in [0.15, 0.2) is 0 Å². The molecule has 0 spiro atoms. The van der Waals surface area contributed by atoms with Gasteiger partial charge in [0, 0.05) is 68.8 Å². The molecule has 1 saturated heterocycles. The molecule has 3 aliphatic rings. The molecule has 0 saturated carbocycles. The van der Waals surface area contributed by atoms with E-state index >= 15 is 0 Å². The Bertz CT molecular complexity index is 1130. The van der Waals surface area contributed by atoms with E-state index < -0.39 is 0 Å². The van der Waals surface area contributed by atoms with E-state index in [1.807, 2.05) is 29.0 Å². The fourth-order valence-electron chi connectivity index (χ4n) is 5.29. The van der Waals surface area contributed by atoms with Crippen molar-refractivity contribution in [1.29, 1.82) is 5.41 Å². The van der Waals surface area contributed by atoms with Crippen LogP contribution >= 0.6 is 0 Å². The molecule has 1 amide bonds. The van der Waals surface area contributed by atoms with Gasteiger partial charge in [-0.2, -0.15) is 5.10 Å². The van der Waals surface area contributed by atoms with Crippen molar-refractivity contribution < 1.29 is 9.53 Å². The van der Waals surface area contributed by atoms with Crippen molar-refractivity contribution >= 4 is 17.4 Å². The van der Waals surface area contributed by atoms with Crippen molar-refractivity contribution in [3.8, 4) is 11.1 Å². The summed E-state index contributed by atoms with van der Waals surface area (Å²) in [5, 5.41) is 17.3. The Kier molecular flexibility index (Phi) is 6.16. The zero-order valence-corrected chi connectivity index (χ0v) is 20.3. The maximum absolute atomic E-state index is 12.2. The highest BCUT2D eigenvalue weighted by atomic mass is 16.5. The van der Waals surface area contributed by atoms with Crippen LogP contribution in [0.15, 0.2) is 41.9 Å². The molecule has 1 fully saturated rings. The normalized spacial score (nSPS) is 22.7. The zero-order chi connectivity index (χ0) is 23.8.